The van der Waals surface area contributed by atoms with Crippen molar-refractivity contribution < 1.29 is 34.7 Å². The highest BCUT2D eigenvalue weighted by atomic mass is 16.6. The summed E-state index contributed by atoms with van der Waals surface area (Å²) < 4.78 is 9.62. The number of aliphatic hydroxyl groups excluding tert-OH is 4. The van der Waals surface area contributed by atoms with Crippen molar-refractivity contribution in [1.29, 1.82) is 0 Å². The lowest BCUT2D eigenvalue weighted by Gasteiger charge is -2.40. The van der Waals surface area contributed by atoms with E-state index >= 15 is 0 Å². The Balaban J connectivity index is 2.86. The predicted molar refractivity (Wildman–Crippen MR) is 59.3 cm³/mol. The van der Waals surface area contributed by atoms with Crippen LogP contribution < -0.4 is 0 Å². The Morgan fingerprint density at radius 2 is 1.83 bits per heavy atom. The molecule has 0 saturated carbocycles. The first-order valence-electron chi connectivity index (χ1n) is 5.89. The van der Waals surface area contributed by atoms with Crippen LogP contribution in [0.3, 0.4) is 0 Å². The van der Waals surface area contributed by atoms with E-state index in [1.54, 1.807) is 0 Å². The van der Waals surface area contributed by atoms with E-state index < -0.39 is 42.6 Å². The zero-order valence-corrected chi connectivity index (χ0v) is 10.4. The second-order valence-corrected chi connectivity index (χ2v) is 4.38. The average molecular weight is 264 g/mol. The molecule has 6 atom stereocenters. The number of methoxy groups -OCH3 is 1. The molecule has 0 aromatic rings. The molecule has 1 heterocycles. The van der Waals surface area contributed by atoms with Gasteiger partial charge in [-0.1, -0.05) is 13.3 Å². The number of carbonyl (C=O) groups excluding carboxylic acids is 1. The third-order valence-electron chi connectivity index (χ3n) is 3.13. The minimum absolute atomic E-state index is 0.379. The van der Waals surface area contributed by atoms with Crippen LogP contribution in [0.2, 0.25) is 0 Å². The smallest absolute Gasteiger partial charge is 0.311 e. The molecular formula is C11H20O7. The second kappa shape index (κ2) is 6.44. The highest BCUT2D eigenvalue weighted by Crippen LogP contribution is 2.28. The highest BCUT2D eigenvalue weighted by molar-refractivity contribution is 5.73. The van der Waals surface area contributed by atoms with E-state index in [1.165, 1.54) is 7.11 Å². The first-order valence-corrected chi connectivity index (χ1v) is 5.89. The summed E-state index contributed by atoms with van der Waals surface area (Å²) in [4.78, 5) is 11.6. The molecule has 7 nitrogen and oxygen atoms in total. The van der Waals surface area contributed by atoms with Crippen molar-refractivity contribution in [3.63, 3.8) is 0 Å². The molecule has 0 amide bonds. The molecule has 18 heavy (non-hydrogen) atoms. The van der Waals surface area contributed by atoms with Crippen LogP contribution in [0.15, 0.2) is 0 Å². The van der Waals surface area contributed by atoms with Crippen LogP contribution in [-0.4, -0.2) is 64.2 Å². The molecule has 0 radical (unpaired) electrons. The molecule has 0 aliphatic carbocycles. The molecule has 0 aromatic heterocycles. The van der Waals surface area contributed by atoms with Crippen molar-refractivity contribution in [1.82, 2.24) is 0 Å². The summed E-state index contributed by atoms with van der Waals surface area (Å²) in [6.07, 6.45) is -6.36. The summed E-state index contributed by atoms with van der Waals surface area (Å²) in [5.41, 5.74) is 0. The van der Waals surface area contributed by atoms with Gasteiger partial charge in [-0.2, -0.15) is 0 Å². The van der Waals surface area contributed by atoms with Crippen molar-refractivity contribution in [3.05, 3.63) is 0 Å². The van der Waals surface area contributed by atoms with Gasteiger partial charge in [0.2, 0.25) is 0 Å². The van der Waals surface area contributed by atoms with Gasteiger partial charge in [0, 0.05) is 0 Å². The number of rotatable bonds is 4. The highest BCUT2D eigenvalue weighted by Gasteiger charge is 2.47. The fraction of sp³-hybridized carbons (Fsp3) is 0.909. The van der Waals surface area contributed by atoms with Gasteiger partial charge in [-0.3, -0.25) is 4.79 Å². The Morgan fingerprint density at radius 3 is 2.33 bits per heavy atom. The number of carbonyl (C=O) groups is 1. The molecule has 1 saturated heterocycles. The van der Waals surface area contributed by atoms with E-state index in [1.807, 2.05) is 6.92 Å². The maximum absolute atomic E-state index is 11.6. The van der Waals surface area contributed by atoms with Crippen molar-refractivity contribution in [2.75, 3.05) is 7.11 Å². The number of hydrogen-bond acceptors (Lipinski definition) is 7. The second-order valence-electron chi connectivity index (χ2n) is 4.38. The van der Waals surface area contributed by atoms with Crippen LogP contribution in [0.5, 0.6) is 0 Å². The molecule has 106 valence electrons. The van der Waals surface area contributed by atoms with Crippen molar-refractivity contribution in [3.8, 4) is 0 Å². The minimum Gasteiger partial charge on any atom is -0.469 e. The Bertz CT molecular complexity index is 283. The number of hydrogen-bond donors (Lipinski definition) is 4. The van der Waals surface area contributed by atoms with Gasteiger partial charge < -0.3 is 29.9 Å². The lowest BCUT2D eigenvalue weighted by atomic mass is 9.87. The zero-order valence-electron chi connectivity index (χ0n) is 10.4. The summed E-state index contributed by atoms with van der Waals surface area (Å²) in [7, 11) is 1.21. The van der Waals surface area contributed by atoms with Crippen LogP contribution in [0.4, 0.5) is 0 Å². The van der Waals surface area contributed by atoms with Crippen LogP contribution in [0.1, 0.15) is 19.8 Å². The standard InChI is InChI=1S/C11H20O7/c1-3-4-5(10(15)17-2)9-7(13)6(12)8(14)11(16)18-9/h5-9,11-14,16H,3-4H2,1-2H3/t5?,6-,7-,8+,9+,11?/m0/s1. The van der Waals surface area contributed by atoms with Crippen LogP contribution >= 0.6 is 0 Å². The summed E-state index contributed by atoms with van der Waals surface area (Å²) in [5, 5.41) is 38.1. The molecule has 0 bridgehead atoms. The monoisotopic (exact) mass is 264 g/mol. The van der Waals surface area contributed by atoms with Crippen LogP contribution in [-0.2, 0) is 14.3 Å². The topological polar surface area (TPSA) is 116 Å². The van der Waals surface area contributed by atoms with E-state index in [4.69, 9.17) is 4.74 Å². The third kappa shape index (κ3) is 2.99. The van der Waals surface area contributed by atoms with Gasteiger partial charge in [-0.15, -0.1) is 0 Å². The number of aliphatic hydroxyl groups is 4. The molecule has 1 aliphatic heterocycles. The van der Waals surface area contributed by atoms with E-state index in [9.17, 15) is 25.2 Å². The predicted octanol–water partition coefficient (Wildman–Crippen LogP) is -1.62. The Kier molecular flexibility index (Phi) is 5.48. The fourth-order valence-electron chi connectivity index (χ4n) is 2.10. The average Bonchev–Trinajstić information content (AvgIpc) is 2.37. The summed E-state index contributed by atoms with van der Waals surface area (Å²) >= 11 is 0. The summed E-state index contributed by atoms with van der Waals surface area (Å²) in [6.45, 7) is 1.84. The summed E-state index contributed by atoms with van der Waals surface area (Å²) in [6, 6.07) is 0. The molecule has 1 aliphatic rings. The quantitative estimate of drug-likeness (QED) is 0.451. The Morgan fingerprint density at radius 1 is 1.22 bits per heavy atom. The van der Waals surface area contributed by atoms with Gasteiger partial charge in [0.05, 0.1) is 13.0 Å². The minimum atomic E-state index is -1.64. The van der Waals surface area contributed by atoms with Gasteiger partial charge in [0.25, 0.3) is 0 Å². The molecule has 2 unspecified atom stereocenters. The maximum Gasteiger partial charge on any atom is 0.311 e. The molecule has 7 heteroatoms. The zero-order chi connectivity index (χ0) is 13.9. The van der Waals surface area contributed by atoms with E-state index in [2.05, 4.69) is 4.74 Å². The number of esters is 1. The van der Waals surface area contributed by atoms with E-state index in [-0.39, 0.29) is 0 Å². The van der Waals surface area contributed by atoms with Crippen LogP contribution in [0, 0.1) is 5.92 Å². The fourth-order valence-corrected chi connectivity index (χ4v) is 2.10. The first kappa shape index (κ1) is 15.3. The normalized spacial score (nSPS) is 38.2. The van der Waals surface area contributed by atoms with Crippen molar-refractivity contribution >= 4 is 5.97 Å². The molecule has 0 aromatic carbocycles. The molecule has 1 fully saturated rings. The molecule has 1 rings (SSSR count). The molecule has 4 N–H and O–H groups in total. The largest absolute Gasteiger partial charge is 0.469 e. The van der Waals surface area contributed by atoms with Gasteiger partial charge in [-0.25, -0.2) is 0 Å². The van der Waals surface area contributed by atoms with Crippen molar-refractivity contribution in [2.24, 2.45) is 5.92 Å². The number of ether oxygens (including phenoxy) is 2. The molecular weight excluding hydrogens is 244 g/mol. The van der Waals surface area contributed by atoms with Crippen molar-refractivity contribution in [2.45, 2.75) is 50.5 Å². The van der Waals surface area contributed by atoms with E-state index in [0.29, 0.717) is 12.8 Å². The first-order chi connectivity index (χ1) is 8.43. The summed E-state index contributed by atoms with van der Waals surface area (Å²) in [5.74, 6) is -1.39. The molecule has 0 spiro atoms. The third-order valence-corrected chi connectivity index (χ3v) is 3.13. The van der Waals surface area contributed by atoms with E-state index in [0.717, 1.165) is 0 Å². The SMILES string of the molecule is CCCC(C(=O)OC)[C@H]1OC(O)[C@H](O)[C@@H](O)[C@@H]1O. The lowest BCUT2D eigenvalue weighted by Crippen LogP contribution is -2.60. The van der Waals surface area contributed by atoms with Gasteiger partial charge in [0.15, 0.2) is 6.29 Å². The van der Waals surface area contributed by atoms with Crippen LogP contribution in [0.25, 0.3) is 0 Å². The van der Waals surface area contributed by atoms with Gasteiger partial charge in [0.1, 0.15) is 24.4 Å². The maximum atomic E-state index is 11.6. The Hall–Kier alpha value is -0.730. The van der Waals surface area contributed by atoms with Gasteiger partial charge in [-0.05, 0) is 6.42 Å². The Labute approximate surface area is 105 Å². The van der Waals surface area contributed by atoms with Gasteiger partial charge >= 0.3 is 5.97 Å². The lowest BCUT2D eigenvalue weighted by molar-refractivity contribution is -0.291.